The van der Waals surface area contributed by atoms with Crippen molar-refractivity contribution in [3.63, 3.8) is 0 Å². The lowest BCUT2D eigenvalue weighted by molar-refractivity contribution is 0.0691. The maximum atomic E-state index is 11.4. The number of aromatic carboxylic acids is 1. The minimum atomic E-state index is -3.33. The summed E-state index contributed by atoms with van der Waals surface area (Å²) in [5.41, 5.74) is -0.0901. The van der Waals surface area contributed by atoms with Gasteiger partial charge in [-0.3, -0.25) is 0 Å². The van der Waals surface area contributed by atoms with Gasteiger partial charge in [-0.15, -0.1) is 0 Å². The van der Waals surface area contributed by atoms with Crippen molar-refractivity contribution in [2.45, 2.75) is 0 Å². The lowest BCUT2D eigenvalue weighted by atomic mass is 10.1. The molecule has 0 aliphatic rings. The molecule has 0 amide bonds. The number of aromatic nitrogens is 1. The number of hydrogen-bond acceptors (Lipinski definition) is 5. The first kappa shape index (κ1) is 15.2. The van der Waals surface area contributed by atoms with E-state index in [-0.39, 0.29) is 18.0 Å². The van der Waals surface area contributed by atoms with Gasteiger partial charge in [-0.1, -0.05) is 24.3 Å². The Hall–Kier alpha value is -2.19. The number of carboxylic acids is 1. The molecular formula is C13H15N3O4S. The van der Waals surface area contributed by atoms with Crippen LogP contribution in [0, 0.1) is 0 Å². The largest absolute Gasteiger partial charge is 0.477 e. The van der Waals surface area contributed by atoms with Gasteiger partial charge >= 0.3 is 5.97 Å². The number of fused-ring (bicyclic) bond motifs is 1. The molecule has 0 spiro atoms. The minimum Gasteiger partial charge on any atom is -0.477 e. The van der Waals surface area contributed by atoms with Gasteiger partial charge in [0.2, 0.25) is 10.0 Å². The highest BCUT2D eigenvalue weighted by molar-refractivity contribution is 7.89. The number of nitrogens with one attached hydrogen (secondary N) is 2. The number of hydrogen-bond donors (Lipinski definition) is 3. The highest BCUT2D eigenvalue weighted by Crippen LogP contribution is 2.22. The summed E-state index contributed by atoms with van der Waals surface area (Å²) in [7, 11) is -1.98. The average molecular weight is 309 g/mol. The Bertz CT molecular complexity index is 774. The van der Waals surface area contributed by atoms with E-state index in [2.05, 4.69) is 15.0 Å². The van der Waals surface area contributed by atoms with Crippen LogP contribution in [-0.2, 0) is 10.0 Å². The summed E-state index contributed by atoms with van der Waals surface area (Å²) in [5.74, 6) is -0.903. The predicted octanol–water partition coefficient (Wildman–Crippen LogP) is 0.894. The highest BCUT2D eigenvalue weighted by Gasteiger charge is 2.12. The van der Waals surface area contributed by atoms with Gasteiger partial charge in [0.1, 0.15) is 5.82 Å². The van der Waals surface area contributed by atoms with E-state index < -0.39 is 16.0 Å². The molecule has 0 atom stereocenters. The van der Waals surface area contributed by atoms with E-state index in [9.17, 15) is 13.2 Å². The number of carbonyl (C=O) groups is 1. The summed E-state index contributed by atoms with van der Waals surface area (Å²) in [6.07, 6.45) is 0. The summed E-state index contributed by atoms with van der Waals surface area (Å²) in [6, 6.07) is 8.65. The van der Waals surface area contributed by atoms with Gasteiger partial charge in [0.05, 0.1) is 5.75 Å². The third kappa shape index (κ3) is 3.67. The highest BCUT2D eigenvalue weighted by atomic mass is 32.2. The molecule has 0 bridgehead atoms. The fourth-order valence-corrected chi connectivity index (χ4v) is 2.42. The van der Waals surface area contributed by atoms with E-state index in [4.69, 9.17) is 5.11 Å². The summed E-state index contributed by atoms with van der Waals surface area (Å²) < 4.78 is 24.9. The van der Waals surface area contributed by atoms with Crippen LogP contribution in [-0.4, -0.2) is 43.8 Å². The van der Waals surface area contributed by atoms with Gasteiger partial charge in [0, 0.05) is 11.9 Å². The number of benzene rings is 1. The van der Waals surface area contributed by atoms with Crippen molar-refractivity contribution in [2.24, 2.45) is 0 Å². The number of carboxylic acid groups (broad SMARTS) is 1. The summed E-state index contributed by atoms with van der Waals surface area (Å²) in [4.78, 5) is 15.1. The topological polar surface area (TPSA) is 108 Å². The van der Waals surface area contributed by atoms with Crippen LogP contribution in [0.4, 0.5) is 5.82 Å². The first-order valence-corrected chi connectivity index (χ1v) is 7.86. The molecule has 2 rings (SSSR count). The second-order valence-corrected chi connectivity index (χ2v) is 6.38. The molecule has 0 saturated heterocycles. The first-order chi connectivity index (χ1) is 9.93. The molecular weight excluding hydrogens is 294 g/mol. The Morgan fingerprint density at radius 3 is 2.71 bits per heavy atom. The number of sulfonamides is 1. The van der Waals surface area contributed by atoms with Crippen molar-refractivity contribution in [1.29, 1.82) is 0 Å². The number of nitrogens with zero attached hydrogens (tertiary/aromatic N) is 1. The quantitative estimate of drug-likeness (QED) is 0.731. The standard InChI is InChI=1S/C13H15N3O4S/c1-14-21(19,20)7-6-15-12-10-5-3-2-4-9(10)8-11(16-12)13(17)18/h2-5,8,14H,6-7H2,1H3,(H,15,16)(H,17,18). The van der Waals surface area contributed by atoms with Crippen molar-refractivity contribution in [1.82, 2.24) is 9.71 Å². The van der Waals surface area contributed by atoms with Crippen LogP contribution in [0.3, 0.4) is 0 Å². The normalized spacial score (nSPS) is 11.5. The molecule has 0 aliphatic carbocycles. The monoisotopic (exact) mass is 309 g/mol. The second kappa shape index (κ2) is 6.06. The maximum absolute atomic E-state index is 11.4. The summed E-state index contributed by atoms with van der Waals surface area (Å²) >= 11 is 0. The second-order valence-electron chi connectivity index (χ2n) is 4.33. The Kier molecular flexibility index (Phi) is 4.39. The SMILES string of the molecule is CNS(=O)(=O)CCNc1nc(C(=O)O)cc2ccccc12. The van der Waals surface area contributed by atoms with Crippen LogP contribution in [0.1, 0.15) is 10.5 Å². The van der Waals surface area contributed by atoms with Gasteiger partial charge in [0.15, 0.2) is 5.69 Å². The van der Waals surface area contributed by atoms with E-state index in [1.807, 2.05) is 0 Å². The molecule has 3 N–H and O–H groups in total. The third-order valence-corrected chi connectivity index (χ3v) is 4.30. The van der Waals surface area contributed by atoms with Gasteiger partial charge in [-0.2, -0.15) is 0 Å². The van der Waals surface area contributed by atoms with Crippen LogP contribution in [0.25, 0.3) is 10.8 Å². The van der Waals surface area contributed by atoms with Crippen molar-refractivity contribution in [3.8, 4) is 0 Å². The molecule has 0 fully saturated rings. The summed E-state index contributed by atoms with van der Waals surface area (Å²) in [5, 5.41) is 13.4. The van der Waals surface area contributed by atoms with Gasteiger partial charge in [-0.25, -0.2) is 22.9 Å². The first-order valence-electron chi connectivity index (χ1n) is 6.21. The molecule has 2 aromatic rings. The van der Waals surface area contributed by atoms with Gasteiger partial charge < -0.3 is 10.4 Å². The molecule has 0 radical (unpaired) electrons. The Morgan fingerprint density at radius 1 is 1.33 bits per heavy atom. The van der Waals surface area contributed by atoms with Crippen LogP contribution in [0.5, 0.6) is 0 Å². The Morgan fingerprint density at radius 2 is 2.05 bits per heavy atom. The Balaban J connectivity index is 2.31. The van der Waals surface area contributed by atoms with Crippen molar-refractivity contribution in [3.05, 3.63) is 36.0 Å². The van der Waals surface area contributed by atoms with Crippen molar-refractivity contribution < 1.29 is 18.3 Å². The molecule has 1 heterocycles. The average Bonchev–Trinajstić information content (AvgIpc) is 2.46. The maximum Gasteiger partial charge on any atom is 0.354 e. The molecule has 7 nitrogen and oxygen atoms in total. The lowest BCUT2D eigenvalue weighted by Gasteiger charge is -2.10. The number of pyridine rings is 1. The van der Waals surface area contributed by atoms with Crippen molar-refractivity contribution in [2.75, 3.05) is 24.7 Å². The van der Waals surface area contributed by atoms with Gasteiger partial charge in [0.25, 0.3) is 0 Å². The number of anilines is 1. The van der Waals surface area contributed by atoms with E-state index >= 15 is 0 Å². The zero-order chi connectivity index (χ0) is 15.5. The zero-order valence-corrected chi connectivity index (χ0v) is 12.1. The predicted molar refractivity (Wildman–Crippen MR) is 80.0 cm³/mol. The van der Waals surface area contributed by atoms with E-state index in [0.29, 0.717) is 5.82 Å². The number of rotatable bonds is 6. The fraction of sp³-hybridized carbons (Fsp3) is 0.231. The summed E-state index contributed by atoms with van der Waals surface area (Å²) in [6.45, 7) is 0.128. The smallest absolute Gasteiger partial charge is 0.354 e. The minimum absolute atomic E-state index is 0.0901. The van der Waals surface area contributed by atoms with Crippen LogP contribution in [0.2, 0.25) is 0 Å². The van der Waals surface area contributed by atoms with Crippen molar-refractivity contribution >= 4 is 32.6 Å². The molecule has 0 unspecified atom stereocenters. The molecule has 1 aromatic heterocycles. The van der Waals surface area contributed by atoms with Crippen LogP contribution >= 0.6 is 0 Å². The zero-order valence-electron chi connectivity index (χ0n) is 11.3. The molecule has 0 saturated carbocycles. The fourth-order valence-electron chi connectivity index (χ4n) is 1.85. The molecule has 112 valence electrons. The van der Waals surface area contributed by atoms with Gasteiger partial charge in [-0.05, 0) is 18.5 Å². The Labute approximate surface area is 122 Å². The van der Waals surface area contributed by atoms with Crippen LogP contribution in [0.15, 0.2) is 30.3 Å². The molecule has 0 aliphatic heterocycles. The third-order valence-electron chi connectivity index (χ3n) is 2.93. The van der Waals surface area contributed by atoms with Crippen LogP contribution < -0.4 is 10.0 Å². The molecule has 21 heavy (non-hydrogen) atoms. The lowest BCUT2D eigenvalue weighted by Crippen LogP contribution is -2.26. The van der Waals surface area contributed by atoms with E-state index in [1.54, 1.807) is 24.3 Å². The molecule has 8 heteroatoms. The van der Waals surface area contributed by atoms with E-state index in [1.165, 1.54) is 13.1 Å². The van der Waals surface area contributed by atoms with E-state index in [0.717, 1.165) is 10.8 Å². The molecule has 1 aromatic carbocycles.